The summed E-state index contributed by atoms with van der Waals surface area (Å²) in [5.41, 5.74) is 3.06. The molecule has 4 heteroatoms. The zero-order valence-electron chi connectivity index (χ0n) is 15.8. The van der Waals surface area contributed by atoms with E-state index in [0.29, 0.717) is 5.92 Å². The molecule has 0 heterocycles. The van der Waals surface area contributed by atoms with Crippen LogP contribution in [0.25, 0.3) is 12.2 Å². The maximum atomic E-state index is 5.56. The first-order valence-electron chi connectivity index (χ1n) is 8.19. The lowest BCUT2D eigenvalue weighted by atomic mass is 9.98. The molecule has 0 aliphatic heterocycles. The molecule has 0 saturated carbocycles. The summed E-state index contributed by atoms with van der Waals surface area (Å²) < 4.78 is 21.7. The van der Waals surface area contributed by atoms with Crippen LogP contribution in [0.1, 0.15) is 36.5 Å². The Bertz CT molecular complexity index is 700. The van der Waals surface area contributed by atoms with Gasteiger partial charge in [0.2, 0.25) is 0 Å². The van der Waals surface area contributed by atoms with Crippen molar-refractivity contribution in [3.63, 3.8) is 0 Å². The third kappa shape index (κ3) is 4.47. The van der Waals surface area contributed by atoms with Crippen molar-refractivity contribution in [2.45, 2.75) is 19.8 Å². The molecule has 0 atom stereocenters. The Hall–Kier alpha value is -2.62. The number of ether oxygens (including phenoxy) is 4. The van der Waals surface area contributed by atoms with Crippen molar-refractivity contribution >= 4 is 12.2 Å². The summed E-state index contributed by atoms with van der Waals surface area (Å²) in [6.45, 7) is 4.25. The highest BCUT2D eigenvalue weighted by atomic mass is 16.5. The molecule has 4 nitrogen and oxygen atoms in total. The molecule has 0 amide bonds. The van der Waals surface area contributed by atoms with Crippen molar-refractivity contribution in [1.82, 2.24) is 0 Å². The van der Waals surface area contributed by atoms with Gasteiger partial charge in [-0.05, 0) is 41.3 Å². The first kappa shape index (κ1) is 18.7. The summed E-state index contributed by atoms with van der Waals surface area (Å²) in [6, 6.07) is 9.80. The molecule has 2 aromatic rings. The highest BCUT2D eigenvalue weighted by molar-refractivity contribution is 5.73. The predicted octanol–water partition coefficient (Wildman–Crippen LogP) is 5.01. The van der Waals surface area contributed by atoms with E-state index in [1.165, 1.54) is 0 Å². The molecule has 2 aromatic carbocycles. The van der Waals surface area contributed by atoms with Crippen LogP contribution in [0.15, 0.2) is 30.3 Å². The average molecular weight is 342 g/mol. The Labute approximate surface area is 150 Å². The molecule has 0 radical (unpaired) electrons. The molecule has 134 valence electrons. The summed E-state index contributed by atoms with van der Waals surface area (Å²) in [5.74, 6) is 3.48. The maximum Gasteiger partial charge on any atom is 0.126 e. The van der Waals surface area contributed by atoms with Gasteiger partial charge in [-0.15, -0.1) is 0 Å². The fraction of sp³-hybridized carbons (Fsp3) is 0.333. The SMILES string of the molecule is COc1cc(C=Cc2cc(OC)c(C(C)C)c(OC)c2)cc(OC)c1. The number of rotatable bonds is 7. The van der Waals surface area contributed by atoms with Crippen LogP contribution in [0, 0.1) is 0 Å². The summed E-state index contributed by atoms with van der Waals surface area (Å²) in [4.78, 5) is 0. The maximum absolute atomic E-state index is 5.56. The lowest BCUT2D eigenvalue weighted by Crippen LogP contribution is -1.99. The molecule has 0 unspecified atom stereocenters. The lowest BCUT2D eigenvalue weighted by molar-refractivity contribution is 0.382. The summed E-state index contributed by atoms with van der Waals surface area (Å²) in [5, 5.41) is 0. The molecule has 2 rings (SSSR count). The second kappa shape index (κ2) is 8.47. The van der Waals surface area contributed by atoms with E-state index < -0.39 is 0 Å². The van der Waals surface area contributed by atoms with Crippen LogP contribution < -0.4 is 18.9 Å². The molecule has 0 aliphatic carbocycles. The van der Waals surface area contributed by atoms with Crippen molar-refractivity contribution in [1.29, 1.82) is 0 Å². The molecule has 0 N–H and O–H groups in total. The van der Waals surface area contributed by atoms with E-state index in [1.54, 1.807) is 28.4 Å². The van der Waals surface area contributed by atoms with E-state index in [0.717, 1.165) is 39.7 Å². The number of benzene rings is 2. The summed E-state index contributed by atoms with van der Waals surface area (Å²) >= 11 is 0. The van der Waals surface area contributed by atoms with Gasteiger partial charge in [-0.2, -0.15) is 0 Å². The fourth-order valence-corrected chi connectivity index (χ4v) is 2.74. The normalized spacial score (nSPS) is 11.0. The molecule has 0 spiro atoms. The van der Waals surface area contributed by atoms with Gasteiger partial charge in [0.15, 0.2) is 0 Å². The minimum absolute atomic E-state index is 0.311. The van der Waals surface area contributed by atoms with Gasteiger partial charge in [0, 0.05) is 11.6 Å². The number of hydrogen-bond acceptors (Lipinski definition) is 4. The molecule has 25 heavy (non-hydrogen) atoms. The molecular weight excluding hydrogens is 316 g/mol. The van der Waals surface area contributed by atoms with E-state index >= 15 is 0 Å². The van der Waals surface area contributed by atoms with Crippen molar-refractivity contribution in [2.24, 2.45) is 0 Å². The smallest absolute Gasteiger partial charge is 0.126 e. The van der Waals surface area contributed by atoms with Gasteiger partial charge in [0.25, 0.3) is 0 Å². The number of methoxy groups -OCH3 is 4. The van der Waals surface area contributed by atoms with E-state index in [1.807, 2.05) is 42.5 Å². The van der Waals surface area contributed by atoms with E-state index in [-0.39, 0.29) is 0 Å². The third-order valence-electron chi connectivity index (χ3n) is 3.99. The summed E-state index contributed by atoms with van der Waals surface area (Å²) in [6.07, 6.45) is 4.03. The minimum atomic E-state index is 0.311. The first-order valence-corrected chi connectivity index (χ1v) is 8.19. The molecule has 0 aliphatic rings. The van der Waals surface area contributed by atoms with Gasteiger partial charge in [-0.1, -0.05) is 26.0 Å². The van der Waals surface area contributed by atoms with Gasteiger partial charge in [0.1, 0.15) is 23.0 Å². The van der Waals surface area contributed by atoms with Crippen LogP contribution in [-0.4, -0.2) is 28.4 Å². The van der Waals surface area contributed by atoms with Crippen LogP contribution in [0.2, 0.25) is 0 Å². The molecular formula is C21H26O4. The zero-order chi connectivity index (χ0) is 18.4. The van der Waals surface area contributed by atoms with Crippen LogP contribution >= 0.6 is 0 Å². The standard InChI is InChI=1S/C21H26O4/c1-14(2)21-19(24-5)11-16(12-20(21)25-6)8-7-15-9-17(22-3)13-18(10-15)23-4/h7-14H,1-6H3. The molecule has 0 bridgehead atoms. The van der Waals surface area contributed by atoms with Gasteiger partial charge in [-0.25, -0.2) is 0 Å². The Balaban J connectivity index is 2.41. The van der Waals surface area contributed by atoms with Crippen LogP contribution in [0.4, 0.5) is 0 Å². The van der Waals surface area contributed by atoms with Crippen LogP contribution in [-0.2, 0) is 0 Å². The topological polar surface area (TPSA) is 36.9 Å². The van der Waals surface area contributed by atoms with Crippen LogP contribution in [0.3, 0.4) is 0 Å². The first-order chi connectivity index (χ1) is 12.0. The van der Waals surface area contributed by atoms with Gasteiger partial charge in [-0.3, -0.25) is 0 Å². The number of hydrogen-bond donors (Lipinski definition) is 0. The van der Waals surface area contributed by atoms with Crippen LogP contribution in [0.5, 0.6) is 23.0 Å². The van der Waals surface area contributed by atoms with E-state index in [4.69, 9.17) is 18.9 Å². The Morgan fingerprint density at radius 3 is 1.44 bits per heavy atom. The third-order valence-corrected chi connectivity index (χ3v) is 3.99. The van der Waals surface area contributed by atoms with Crippen molar-refractivity contribution in [3.8, 4) is 23.0 Å². The molecule has 0 fully saturated rings. The second-order valence-corrected chi connectivity index (χ2v) is 5.97. The van der Waals surface area contributed by atoms with Gasteiger partial charge in [0.05, 0.1) is 28.4 Å². The Kier molecular flexibility index (Phi) is 6.34. The van der Waals surface area contributed by atoms with Crippen molar-refractivity contribution < 1.29 is 18.9 Å². The average Bonchev–Trinajstić information content (AvgIpc) is 2.64. The zero-order valence-corrected chi connectivity index (χ0v) is 15.8. The van der Waals surface area contributed by atoms with E-state index in [2.05, 4.69) is 13.8 Å². The van der Waals surface area contributed by atoms with Gasteiger partial charge < -0.3 is 18.9 Å². The Morgan fingerprint density at radius 1 is 0.640 bits per heavy atom. The van der Waals surface area contributed by atoms with Crippen molar-refractivity contribution in [2.75, 3.05) is 28.4 Å². The van der Waals surface area contributed by atoms with Gasteiger partial charge >= 0.3 is 0 Å². The lowest BCUT2D eigenvalue weighted by Gasteiger charge is -2.17. The molecule has 0 aromatic heterocycles. The highest BCUT2D eigenvalue weighted by Crippen LogP contribution is 2.37. The monoisotopic (exact) mass is 342 g/mol. The molecule has 0 saturated heterocycles. The minimum Gasteiger partial charge on any atom is -0.497 e. The quantitative estimate of drug-likeness (QED) is 0.663. The largest absolute Gasteiger partial charge is 0.497 e. The Morgan fingerprint density at radius 2 is 1.08 bits per heavy atom. The highest BCUT2D eigenvalue weighted by Gasteiger charge is 2.15. The van der Waals surface area contributed by atoms with E-state index in [9.17, 15) is 0 Å². The summed E-state index contributed by atoms with van der Waals surface area (Å²) in [7, 11) is 6.65. The fourth-order valence-electron chi connectivity index (χ4n) is 2.74. The second-order valence-electron chi connectivity index (χ2n) is 5.97. The predicted molar refractivity (Wildman–Crippen MR) is 102 cm³/mol. The van der Waals surface area contributed by atoms with Crippen molar-refractivity contribution in [3.05, 3.63) is 47.0 Å².